The highest BCUT2D eigenvalue weighted by Gasteiger charge is 2.07. The van der Waals surface area contributed by atoms with Gasteiger partial charge in [-0.2, -0.15) is 0 Å². The summed E-state index contributed by atoms with van der Waals surface area (Å²) < 4.78 is 5.23. The van der Waals surface area contributed by atoms with Gasteiger partial charge < -0.3 is 4.74 Å². The van der Waals surface area contributed by atoms with E-state index in [-0.39, 0.29) is 0 Å². The van der Waals surface area contributed by atoms with E-state index in [1.165, 1.54) is 0 Å². The van der Waals surface area contributed by atoms with Gasteiger partial charge in [0.2, 0.25) is 0 Å². The Morgan fingerprint density at radius 3 is 2.52 bits per heavy atom. The average Bonchev–Trinajstić information content (AvgIpc) is 2.57. The maximum atomic E-state index is 5.23. The van der Waals surface area contributed by atoms with Gasteiger partial charge >= 0.3 is 0 Å². The number of nitrogens with zero attached hydrogens (tertiary/aromatic N) is 3. The zero-order valence-electron chi connectivity index (χ0n) is 12.8. The van der Waals surface area contributed by atoms with Crippen LogP contribution in [-0.2, 0) is 0 Å². The van der Waals surface area contributed by atoms with Gasteiger partial charge in [0.05, 0.1) is 12.6 Å². The Labute approximate surface area is 124 Å². The molecule has 3 aromatic rings. The molecule has 0 spiro atoms. The number of hydrogen-bond acceptors (Lipinski definition) is 4. The summed E-state index contributed by atoms with van der Waals surface area (Å²) in [7, 11) is 1.65. The largest absolute Gasteiger partial charge is 0.497 e. The number of methoxy groups -OCH3 is 1. The second-order valence-electron chi connectivity index (χ2n) is 4.26. The van der Waals surface area contributed by atoms with Crippen molar-refractivity contribution in [1.29, 1.82) is 0 Å². The summed E-state index contributed by atoms with van der Waals surface area (Å²) in [6, 6.07) is 9.65. The normalized spacial score (nSPS) is 9.90. The van der Waals surface area contributed by atoms with Gasteiger partial charge in [-0.15, -0.1) is 0 Å². The van der Waals surface area contributed by atoms with E-state index >= 15 is 0 Å². The third-order valence-electron chi connectivity index (χ3n) is 3.01. The number of aromatic nitrogens is 3. The second-order valence-corrected chi connectivity index (χ2v) is 4.26. The Balaban J connectivity index is 0.000000774. The first kappa shape index (κ1) is 14.9. The summed E-state index contributed by atoms with van der Waals surface area (Å²) >= 11 is 0. The third-order valence-corrected chi connectivity index (χ3v) is 3.01. The molecule has 2 heterocycles. The summed E-state index contributed by atoms with van der Waals surface area (Å²) in [6.45, 7) is 5.98. The van der Waals surface area contributed by atoms with Crippen molar-refractivity contribution in [3.63, 3.8) is 0 Å². The maximum absolute atomic E-state index is 5.23. The summed E-state index contributed by atoms with van der Waals surface area (Å²) in [6.07, 6.45) is 3.50. The number of benzene rings is 1. The van der Waals surface area contributed by atoms with E-state index in [4.69, 9.17) is 4.74 Å². The predicted molar refractivity (Wildman–Crippen MR) is 85.4 cm³/mol. The Kier molecular flexibility index (Phi) is 4.82. The molecular formula is C17H19N3O. The lowest BCUT2D eigenvalue weighted by atomic mass is 10.1. The van der Waals surface area contributed by atoms with Crippen LogP contribution in [0.1, 0.15) is 19.5 Å². The first-order valence-electron chi connectivity index (χ1n) is 7.01. The quantitative estimate of drug-likeness (QED) is 0.711. The van der Waals surface area contributed by atoms with Crippen molar-refractivity contribution >= 4 is 10.9 Å². The maximum Gasteiger partial charge on any atom is 0.161 e. The Hall–Kier alpha value is -2.49. The fourth-order valence-corrected chi connectivity index (χ4v) is 2.02. The number of pyridine rings is 1. The highest BCUT2D eigenvalue weighted by Crippen LogP contribution is 2.24. The average molecular weight is 281 g/mol. The molecule has 2 aromatic heterocycles. The molecular weight excluding hydrogens is 262 g/mol. The van der Waals surface area contributed by atoms with Crippen LogP contribution in [0.25, 0.3) is 22.3 Å². The van der Waals surface area contributed by atoms with Gasteiger partial charge in [-0.1, -0.05) is 13.8 Å². The molecule has 4 heteroatoms. The van der Waals surface area contributed by atoms with Crippen LogP contribution in [0, 0.1) is 6.92 Å². The van der Waals surface area contributed by atoms with Gasteiger partial charge in [0.1, 0.15) is 5.75 Å². The molecule has 0 atom stereocenters. The van der Waals surface area contributed by atoms with E-state index < -0.39 is 0 Å². The van der Waals surface area contributed by atoms with Crippen LogP contribution in [-0.4, -0.2) is 22.1 Å². The molecule has 21 heavy (non-hydrogen) atoms. The molecule has 0 saturated heterocycles. The topological polar surface area (TPSA) is 47.9 Å². The van der Waals surface area contributed by atoms with E-state index in [1.54, 1.807) is 19.5 Å². The fourth-order valence-electron chi connectivity index (χ4n) is 2.02. The monoisotopic (exact) mass is 281 g/mol. The van der Waals surface area contributed by atoms with Crippen molar-refractivity contribution in [1.82, 2.24) is 15.0 Å². The zero-order valence-corrected chi connectivity index (χ0v) is 12.8. The van der Waals surface area contributed by atoms with E-state index in [0.29, 0.717) is 5.82 Å². The molecule has 0 saturated carbocycles. The molecule has 0 amide bonds. The summed E-state index contributed by atoms with van der Waals surface area (Å²) in [5.41, 5.74) is 2.74. The minimum atomic E-state index is 0.686. The lowest BCUT2D eigenvalue weighted by Crippen LogP contribution is -1.95. The molecule has 0 bridgehead atoms. The SMILES string of the molecule is CC.COc1ccc2c(C)nc(-c3cccnc3)nc2c1. The molecule has 0 radical (unpaired) electrons. The first-order valence-corrected chi connectivity index (χ1v) is 7.01. The van der Waals surface area contributed by atoms with Crippen molar-refractivity contribution < 1.29 is 4.74 Å². The van der Waals surface area contributed by atoms with E-state index in [0.717, 1.165) is 27.9 Å². The highest BCUT2D eigenvalue weighted by atomic mass is 16.5. The lowest BCUT2D eigenvalue weighted by Gasteiger charge is -2.07. The van der Waals surface area contributed by atoms with Crippen LogP contribution in [0.5, 0.6) is 5.75 Å². The van der Waals surface area contributed by atoms with Crippen LogP contribution >= 0.6 is 0 Å². The first-order chi connectivity index (χ1) is 10.3. The van der Waals surface area contributed by atoms with Crippen molar-refractivity contribution in [2.75, 3.05) is 7.11 Å². The van der Waals surface area contributed by atoms with Gasteiger partial charge in [0.15, 0.2) is 5.82 Å². The molecule has 108 valence electrons. The molecule has 3 rings (SSSR count). The van der Waals surface area contributed by atoms with E-state index in [9.17, 15) is 0 Å². The van der Waals surface area contributed by atoms with Crippen LogP contribution in [0.3, 0.4) is 0 Å². The number of aryl methyl sites for hydroxylation is 1. The van der Waals surface area contributed by atoms with Gasteiger partial charge in [0, 0.05) is 35.1 Å². The fraction of sp³-hybridized carbons (Fsp3) is 0.235. The molecule has 0 unspecified atom stereocenters. The number of hydrogen-bond donors (Lipinski definition) is 0. The van der Waals surface area contributed by atoms with Gasteiger partial charge in [-0.3, -0.25) is 4.98 Å². The third kappa shape index (κ3) is 3.16. The van der Waals surface area contributed by atoms with Crippen molar-refractivity contribution in [3.05, 3.63) is 48.4 Å². The molecule has 0 fully saturated rings. The molecule has 4 nitrogen and oxygen atoms in total. The van der Waals surface area contributed by atoms with Crippen molar-refractivity contribution in [2.45, 2.75) is 20.8 Å². The molecule has 0 aliphatic rings. The summed E-state index contributed by atoms with van der Waals surface area (Å²) in [5, 5.41) is 1.04. The van der Waals surface area contributed by atoms with Gasteiger partial charge in [-0.05, 0) is 31.2 Å². The van der Waals surface area contributed by atoms with E-state index in [1.807, 2.05) is 51.1 Å². The smallest absolute Gasteiger partial charge is 0.161 e. The van der Waals surface area contributed by atoms with E-state index in [2.05, 4.69) is 15.0 Å². The zero-order chi connectivity index (χ0) is 15.2. The van der Waals surface area contributed by atoms with Crippen LogP contribution < -0.4 is 4.74 Å². The summed E-state index contributed by atoms with van der Waals surface area (Å²) in [5.74, 6) is 1.48. The Morgan fingerprint density at radius 1 is 1.05 bits per heavy atom. The van der Waals surface area contributed by atoms with Gasteiger partial charge in [-0.25, -0.2) is 9.97 Å². The Morgan fingerprint density at radius 2 is 1.86 bits per heavy atom. The minimum Gasteiger partial charge on any atom is -0.497 e. The van der Waals surface area contributed by atoms with Crippen LogP contribution in [0.4, 0.5) is 0 Å². The molecule has 0 N–H and O–H groups in total. The number of fused-ring (bicyclic) bond motifs is 1. The predicted octanol–water partition coefficient (Wildman–Crippen LogP) is 4.04. The van der Waals surface area contributed by atoms with Crippen LogP contribution in [0.15, 0.2) is 42.7 Å². The second kappa shape index (κ2) is 6.79. The Bertz CT molecular complexity index is 727. The molecule has 1 aromatic carbocycles. The highest BCUT2D eigenvalue weighted by molar-refractivity contribution is 5.83. The van der Waals surface area contributed by atoms with Crippen molar-refractivity contribution in [2.24, 2.45) is 0 Å². The minimum absolute atomic E-state index is 0.686. The number of ether oxygens (including phenoxy) is 1. The van der Waals surface area contributed by atoms with Gasteiger partial charge in [0.25, 0.3) is 0 Å². The molecule has 0 aliphatic carbocycles. The van der Waals surface area contributed by atoms with Crippen LogP contribution in [0.2, 0.25) is 0 Å². The summed E-state index contributed by atoms with van der Waals surface area (Å²) in [4.78, 5) is 13.2. The standard InChI is InChI=1S/C15H13N3O.C2H6/c1-10-13-6-5-12(19-2)8-14(13)18-15(17-10)11-4-3-7-16-9-11;1-2/h3-9H,1-2H3;1-2H3. The van der Waals surface area contributed by atoms with Crippen molar-refractivity contribution in [3.8, 4) is 17.1 Å². The lowest BCUT2D eigenvalue weighted by molar-refractivity contribution is 0.415. The molecule has 0 aliphatic heterocycles. The number of rotatable bonds is 2.